The van der Waals surface area contributed by atoms with Crippen molar-refractivity contribution < 1.29 is 4.74 Å². The fourth-order valence-corrected chi connectivity index (χ4v) is 2.54. The van der Waals surface area contributed by atoms with Gasteiger partial charge in [-0.25, -0.2) is 0 Å². The van der Waals surface area contributed by atoms with Crippen molar-refractivity contribution in [3.05, 3.63) is 16.3 Å². The predicted molar refractivity (Wildman–Crippen MR) is 59.9 cm³/mol. The fourth-order valence-electron chi connectivity index (χ4n) is 1.73. The third kappa shape index (κ3) is 2.28. The summed E-state index contributed by atoms with van der Waals surface area (Å²) >= 11 is 1.76. The van der Waals surface area contributed by atoms with Gasteiger partial charge in [-0.3, -0.25) is 0 Å². The molecule has 2 rings (SSSR count). The SMILES string of the molecule is COc1ccsc1CNCC1CCC1. The first-order chi connectivity index (χ1) is 6.90. The Labute approximate surface area is 89.3 Å². The Morgan fingerprint density at radius 1 is 1.57 bits per heavy atom. The van der Waals surface area contributed by atoms with Gasteiger partial charge in [-0.15, -0.1) is 11.3 Å². The van der Waals surface area contributed by atoms with Gasteiger partial charge in [-0.2, -0.15) is 0 Å². The van der Waals surface area contributed by atoms with E-state index in [1.807, 2.05) is 6.07 Å². The molecule has 1 aromatic rings. The maximum absolute atomic E-state index is 5.25. The lowest BCUT2D eigenvalue weighted by molar-refractivity contribution is 0.301. The minimum atomic E-state index is 0.931. The van der Waals surface area contributed by atoms with Gasteiger partial charge in [0.15, 0.2) is 0 Å². The Balaban J connectivity index is 1.73. The van der Waals surface area contributed by atoms with Gasteiger partial charge in [0, 0.05) is 6.54 Å². The zero-order valence-corrected chi connectivity index (χ0v) is 9.40. The molecule has 1 fully saturated rings. The number of thiophene rings is 1. The predicted octanol–water partition coefficient (Wildman–Crippen LogP) is 2.65. The molecule has 14 heavy (non-hydrogen) atoms. The number of ether oxygens (including phenoxy) is 1. The van der Waals surface area contributed by atoms with Crippen molar-refractivity contribution in [2.45, 2.75) is 25.8 Å². The van der Waals surface area contributed by atoms with E-state index in [1.54, 1.807) is 18.4 Å². The topological polar surface area (TPSA) is 21.3 Å². The number of nitrogens with one attached hydrogen (secondary N) is 1. The summed E-state index contributed by atoms with van der Waals surface area (Å²) in [5.74, 6) is 1.96. The first-order valence-electron chi connectivity index (χ1n) is 5.21. The van der Waals surface area contributed by atoms with Crippen molar-refractivity contribution in [1.29, 1.82) is 0 Å². The summed E-state index contributed by atoms with van der Waals surface area (Å²) in [5.41, 5.74) is 0. The Morgan fingerprint density at radius 2 is 2.43 bits per heavy atom. The number of hydrogen-bond acceptors (Lipinski definition) is 3. The van der Waals surface area contributed by atoms with Crippen LogP contribution in [0.25, 0.3) is 0 Å². The molecule has 2 nitrogen and oxygen atoms in total. The van der Waals surface area contributed by atoms with Gasteiger partial charge in [-0.05, 0) is 36.8 Å². The molecule has 1 saturated carbocycles. The van der Waals surface area contributed by atoms with Crippen LogP contribution in [-0.2, 0) is 6.54 Å². The van der Waals surface area contributed by atoms with E-state index < -0.39 is 0 Å². The molecule has 1 aliphatic rings. The van der Waals surface area contributed by atoms with Crippen molar-refractivity contribution in [2.24, 2.45) is 5.92 Å². The molecule has 0 atom stereocenters. The number of rotatable bonds is 5. The quantitative estimate of drug-likeness (QED) is 0.808. The summed E-state index contributed by atoms with van der Waals surface area (Å²) in [6.45, 7) is 2.12. The molecular weight excluding hydrogens is 194 g/mol. The first kappa shape index (κ1) is 9.99. The summed E-state index contributed by atoms with van der Waals surface area (Å²) in [4.78, 5) is 1.31. The molecule has 78 valence electrons. The average Bonchev–Trinajstić information content (AvgIpc) is 2.56. The standard InChI is InChI=1S/C11H17NOS/c1-13-10-5-6-14-11(10)8-12-7-9-3-2-4-9/h5-6,9,12H,2-4,7-8H2,1H3. The van der Waals surface area contributed by atoms with Crippen LogP contribution in [0.2, 0.25) is 0 Å². The zero-order valence-electron chi connectivity index (χ0n) is 8.58. The average molecular weight is 211 g/mol. The highest BCUT2D eigenvalue weighted by atomic mass is 32.1. The van der Waals surface area contributed by atoms with Crippen LogP contribution in [0.1, 0.15) is 24.1 Å². The van der Waals surface area contributed by atoms with Crippen molar-refractivity contribution in [1.82, 2.24) is 5.32 Å². The Morgan fingerprint density at radius 3 is 3.07 bits per heavy atom. The molecule has 0 unspecified atom stereocenters. The fraction of sp³-hybridized carbons (Fsp3) is 0.636. The normalized spacial score (nSPS) is 16.6. The molecule has 0 amide bonds. The molecule has 0 aromatic carbocycles. The maximum Gasteiger partial charge on any atom is 0.134 e. The molecule has 0 aliphatic heterocycles. The summed E-state index contributed by atoms with van der Waals surface area (Å²) < 4.78 is 5.25. The van der Waals surface area contributed by atoms with Crippen LogP contribution < -0.4 is 10.1 Å². The maximum atomic E-state index is 5.25. The van der Waals surface area contributed by atoms with E-state index >= 15 is 0 Å². The zero-order chi connectivity index (χ0) is 9.80. The molecule has 0 saturated heterocycles. The lowest BCUT2D eigenvalue weighted by Crippen LogP contribution is -2.26. The lowest BCUT2D eigenvalue weighted by Gasteiger charge is -2.25. The molecular formula is C11H17NOS. The first-order valence-corrected chi connectivity index (χ1v) is 6.09. The van der Waals surface area contributed by atoms with Crippen molar-refractivity contribution >= 4 is 11.3 Å². The van der Waals surface area contributed by atoms with Crippen LogP contribution in [0.15, 0.2) is 11.4 Å². The highest BCUT2D eigenvalue weighted by Gasteiger charge is 2.16. The van der Waals surface area contributed by atoms with E-state index in [-0.39, 0.29) is 0 Å². The Kier molecular flexibility index (Phi) is 3.43. The van der Waals surface area contributed by atoms with Crippen LogP contribution in [0.4, 0.5) is 0 Å². The van der Waals surface area contributed by atoms with Gasteiger partial charge in [0.05, 0.1) is 12.0 Å². The minimum absolute atomic E-state index is 0.931. The number of methoxy groups -OCH3 is 1. The van der Waals surface area contributed by atoms with E-state index in [1.165, 1.54) is 30.7 Å². The molecule has 1 aromatic heterocycles. The van der Waals surface area contributed by atoms with Crippen molar-refractivity contribution in [3.8, 4) is 5.75 Å². The third-order valence-electron chi connectivity index (χ3n) is 2.87. The largest absolute Gasteiger partial charge is 0.496 e. The van der Waals surface area contributed by atoms with E-state index in [4.69, 9.17) is 4.74 Å². The molecule has 1 heterocycles. The minimum Gasteiger partial charge on any atom is -0.496 e. The van der Waals surface area contributed by atoms with E-state index in [0.29, 0.717) is 0 Å². The highest BCUT2D eigenvalue weighted by Crippen LogP contribution is 2.26. The van der Waals surface area contributed by atoms with Gasteiger partial charge < -0.3 is 10.1 Å². The second-order valence-corrected chi connectivity index (χ2v) is 4.84. The van der Waals surface area contributed by atoms with Crippen molar-refractivity contribution in [2.75, 3.05) is 13.7 Å². The van der Waals surface area contributed by atoms with Crippen molar-refractivity contribution in [3.63, 3.8) is 0 Å². The summed E-state index contributed by atoms with van der Waals surface area (Å²) in [6, 6.07) is 2.03. The molecule has 1 N–H and O–H groups in total. The third-order valence-corrected chi connectivity index (χ3v) is 3.77. The van der Waals surface area contributed by atoms with E-state index in [0.717, 1.165) is 18.2 Å². The molecule has 1 aliphatic carbocycles. The number of hydrogen-bond donors (Lipinski definition) is 1. The molecule has 0 radical (unpaired) electrons. The van der Waals surface area contributed by atoms with Gasteiger partial charge in [0.2, 0.25) is 0 Å². The van der Waals surface area contributed by atoms with Crippen LogP contribution in [-0.4, -0.2) is 13.7 Å². The van der Waals surface area contributed by atoms with Crippen LogP contribution >= 0.6 is 11.3 Å². The van der Waals surface area contributed by atoms with E-state index in [9.17, 15) is 0 Å². The van der Waals surface area contributed by atoms with Crippen LogP contribution in [0.5, 0.6) is 5.75 Å². The second kappa shape index (κ2) is 4.80. The Hall–Kier alpha value is -0.540. The van der Waals surface area contributed by atoms with Gasteiger partial charge >= 0.3 is 0 Å². The summed E-state index contributed by atoms with van der Waals surface area (Å²) in [7, 11) is 1.73. The van der Waals surface area contributed by atoms with E-state index in [2.05, 4.69) is 10.7 Å². The lowest BCUT2D eigenvalue weighted by atomic mass is 9.85. The van der Waals surface area contributed by atoms with Gasteiger partial charge in [0.25, 0.3) is 0 Å². The van der Waals surface area contributed by atoms with Crippen LogP contribution in [0.3, 0.4) is 0 Å². The second-order valence-electron chi connectivity index (χ2n) is 3.84. The molecule has 0 bridgehead atoms. The summed E-state index contributed by atoms with van der Waals surface area (Å²) in [6.07, 6.45) is 4.25. The Bertz CT molecular complexity index is 281. The molecule has 3 heteroatoms. The molecule has 0 spiro atoms. The summed E-state index contributed by atoms with van der Waals surface area (Å²) in [5, 5.41) is 5.58. The van der Waals surface area contributed by atoms with Gasteiger partial charge in [-0.1, -0.05) is 6.42 Å². The van der Waals surface area contributed by atoms with Crippen LogP contribution in [0, 0.1) is 5.92 Å². The highest BCUT2D eigenvalue weighted by molar-refractivity contribution is 7.10. The smallest absolute Gasteiger partial charge is 0.134 e. The monoisotopic (exact) mass is 211 g/mol. The van der Waals surface area contributed by atoms with Gasteiger partial charge in [0.1, 0.15) is 5.75 Å².